The van der Waals surface area contributed by atoms with Crippen LogP contribution in [0.1, 0.15) is 30.9 Å². The van der Waals surface area contributed by atoms with Crippen LogP contribution in [-0.4, -0.2) is 36.4 Å². The summed E-state index contributed by atoms with van der Waals surface area (Å²) in [5.74, 6) is -0.683. The molecule has 156 valence electrons. The number of hydrogen-bond acceptors (Lipinski definition) is 4. The van der Waals surface area contributed by atoms with E-state index in [2.05, 4.69) is 5.32 Å². The molecular formula is C23H24FN3O3. The number of hydrogen-bond donors (Lipinski definition) is 1. The number of likely N-dealkylation sites (tertiary alicyclic amines) is 1. The molecule has 0 spiro atoms. The molecule has 1 saturated heterocycles. The van der Waals surface area contributed by atoms with E-state index in [1.807, 2.05) is 36.4 Å². The standard InChI is InChI=1S/C23H24FN3O3/c24-20-11-5-4-10-19(20)21(15-25)26-23(29)17-7-6-13-27(16-17)22(28)12-14-30-18-8-2-1-3-9-18/h1-5,8-11,17,21H,6-7,12-14,16H2,(H,26,29). The predicted octanol–water partition coefficient (Wildman–Crippen LogP) is 3.21. The lowest BCUT2D eigenvalue weighted by molar-refractivity contribution is -0.136. The highest BCUT2D eigenvalue weighted by molar-refractivity contribution is 5.82. The summed E-state index contributed by atoms with van der Waals surface area (Å²) in [4.78, 5) is 26.8. The smallest absolute Gasteiger partial charge is 0.226 e. The lowest BCUT2D eigenvalue weighted by Gasteiger charge is -2.32. The maximum atomic E-state index is 14.0. The monoisotopic (exact) mass is 409 g/mol. The molecule has 1 aliphatic rings. The SMILES string of the molecule is N#CC(NC(=O)C1CCCN(C(=O)CCOc2ccccc2)C1)c1ccccc1F. The number of nitriles is 1. The molecule has 1 fully saturated rings. The summed E-state index contributed by atoms with van der Waals surface area (Å²) in [5, 5.41) is 12.0. The molecule has 0 bridgehead atoms. The first-order chi connectivity index (χ1) is 14.6. The fraction of sp³-hybridized carbons (Fsp3) is 0.348. The normalized spacial score (nSPS) is 16.9. The first kappa shape index (κ1) is 21.3. The van der Waals surface area contributed by atoms with Crippen molar-refractivity contribution in [3.8, 4) is 11.8 Å². The molecule has 2 aromatic rings. The number of nitrogens with one attached hydrogen (secondary N) is 1. The van der Waals surface area contributed by atoms with Crippen molar-refractivity contribution in [1.29, 1.82) is 5.26 Å². The summed E-state index contributed by atoms with van der Waals surface area (Å²) < 4.78 is 19.5. The van der Waals surface area contributed by atoms with Gasteiger partial charge in [-0.3, -0.25) is 9.59 Å². The number of piperidine rings is 1. The van der Waals surface area contributed by atoms with Crippen molar-refractivity contribution >= 4 is 11.8 Å². The maximum absolute atomic E-state index is 14.0. The van der Waals surface area contributed by atoms with Gasteiger partial charge in [0.15, 0.2) is 0 Å². The summed E-state index contributed by atoms with van der Waals surface area (Å²) in [7, 11) is 0. The topological polar surface area (TPSA) is 82.4 Å². The molecule has 1 N–H and O–H groups in total. The molecule has 2 atom stereocenters. The Labute approximate surface area is 175 Å². The first-order valence-corrected chi connectivity index (χ1v) is 9.98. The van der Waals surface area contributed by atoms with Gasteiger partial charge >= 0.3 is 0 Å². The minimum Gasteiger partial charge on any atom is -0.493 e. The number of rotatable bonds is 7. The number of carbonyl (C=O) groups is 2. The van der Waals surface area contributed by atoms with Gasteiger partial charge in [0.2, 0.25) is 11.8 Å². The Balaban J connectivity index is 1.52. The van der Waals surface area contributed by atoms with Crippen LogP contribution >= 0.6 is 0 Å². The Hall–Kier alpha value is -3.40. The lowest BCUT2D eigenvalue weighted by Crippen LogP contribution is -2.46. The average molecular weight is 409 g/mol. The van der Waals surface area contributed by atoms with Crippen molar-refractivity contribution in [3.05, 3.63) is 66.0 Å². The van der Waals surface area contributed by atoms with Gasteiger partial charge in [-0.05, 0) is 31.0 Å². The van der Waals surface area contributed by atoms with Gasteiger partial charge in [0.25, 0.3) is 0 Å². The van der Waals surface area contributed by atoms with Gasteiger partial charge in [0, 0.05) is 18.7 Å². The molecule has 0 aliphatic carbocycles. The molecule has 2 amide bonds. The third-order valence-corrected chi connectivity index (χ3v) is 5.10. The highest BCUT2D eigenvalue weighted by Crippen LogP contribution is 2.21. The third-order valence-electron chi connectivity index (χ3n) is 5.10. The van der Waals surface area contributed by atoms with Crippen molar-refractivity contribution in [2.75, 3.05) is 19.7 Å². The Morgan fingerprint density at radius 3 is 2.67 bits per heavy atom. The van der Waals surface area contributed by atoms with E-state index in [1.54, 1.807) is 11.0 Å². The number of ether oxygens (including phenoxy) is 1. The highest BCUT2D eigenvalue weighted by atomic mass is 19.1. The van der Waals surface area contributed by atoms with Crippen LogP contribution in [0.3, 0.4) is 0 Å². The summed E-state index contributed by atoms with van der Waals surface area (Å²) in [6.07, 6.45) is 1.53. The van der Waals surface area contributed by atoms with Crippen LogP contribution in [0, 0.1) is 23.1 Å². The van der Waals surface area contributed by atoms with E-state index in [4.69, 9.17) is 4.74 Å². The summed E-state index contributed by atoms with van der Waals surface area (Å²) in [6.45, 7) is 1.13. The predicted molar refractivity (Wildman–Crippen MR) is 109 cm³/mol. The van der Waals surface area contributed by atoms with E-state index in [1.165, 1.54) is 18.2 Å². The molecule has 0 radical (unpaired) electrons. The van der Waals surface area contributed by atoms with E-state index in [0.29, 0.717) is 25.1 Å². The molecule has 0 aromatic heterocycles. The number of carbonyl (C=O) groups excluding carboxylic acids is 2. The van der Waals surface area contributed by atoms with Crippen LogP contribution in [0.15, 0.2) is 54.6 Å². The molecule has 6 nitrogen and oxygen atoms in total. The number of halogens is 1. The first-order valence-electron chi connectivity index (χ1n) is 9.98. The van der Waals surface area contributed by atoms with Crippen molar-refractivity contribution < 1.29 is 18.7 Å². The van der Waals surface area contributed by atoms with Crippen LogP contribution in [-0.2, 0) is 9.59 Å². The largest absolute Gasteiger partial charge is 0.493 e. The van der Waals surface area contributed by atoms with Crippen LogP contribution in [0.4, 0.5) is 4.39 Å². The van der Waals surface area contributed by atoms with Crippen LogP contribution < -0.4 is 10.1 Å². The lowest BCUT2D eigenvalue weighted by atomic mass is 9.96. The van der Waals surface area contributed by atoms with Crippen LogP contribution in [0.2, 0.25) is 0 Å². The highest BCUT2D eigenvalue weighted by Gasteiger charge is 2.30. The van der Waals surface area contributed by atoms with Crippen molar-refractivity contribution in [1.82, 2.24) is 10.2 Å². The molecule has 1 heterocycles. The van der Waals surface area contributed by atoms with Crippen molar-refractivity contribution in [2.24, 2.45) is 5.92 Å². The molecule has 30 heavy (non-hydrogen) atoms. The number of nitrogens with zero attached hydrogens (tertiary/aromatic N) is 2. The van der Waals surface area contributed by atoms with E-state index in [-0.39, 0.29) is 37.0 Å². The second-order valence-corrected chi connectivity index (χ2v) is 7.18. The molecule has 1 aliphatic heterocycles. The zero-order valence-corrected chi connectivity index (χ0v) is 16.6. The summed E-state index contributed by atoms with van der Waals surface area (Å²) >= 11 is 0. The van der Waals surface area contributed by atoms with Gasteiger partial charge in [0.1, 0.15) is 17.6 Å². The minimum atomic E-state index is -1.07. The second kappa shape index (κ2) is 10.4. The van der Waals surface area contributed by atoms with E-state index in [9.17, 15) is 19.2 Å². The fourth-order valence-electron chi connectivity index (χ4n) is 3.50. The Bertz CT molecular complexity index is 913. The molecule has 2 unspecified atom stereocenters. The molecule has 7 heteroatoms. The van der Waals surface area contributed by atoms with E-state index in [0.717, 1.165) is 0 Å². The molecular weight excluding hydrogens is 385 g/mol. The molecule has 2 aromatic carbocycles. The average Bonchev–Trinajstić information content (AvgIpc) is 2.78. The zero-order valence-electron chi connectivity index (χ0n) is 16.6. The van der Waals surface area contributed by atoms with Crippen molar-refractivity contribution in [3.63, 3.8) is 0 Å². The third kappa shape index (κ3) is 5.57. The van der Waals surface area contributed by atoms with Crippen molar-refractivity contribution in [2.45, 2.75) is 25.3 Å². The van der Waals surface area contributed by atoms with Gasteiger partial charge in [-0.25, -0.2) is 4.39 Å². The van der Waals surface area contributed by atoms with Gasteiger partial charge in [-0.1, -0.05) is 36.4 Å². The Morgan fingerprint density at radius 1 is 1.20 bits per heavy atom. The fourth-order valence-corrected chi connectivity index (χ4v) is 3.50. The van der Waals surface area contributed by atoms with Gasteiger partial charge < -0.3 is 15.0 Å². The van der Waals surface area contributed by atoms with E-state index < -0.39 is 17.8 Å². The van der Waals surface area contributed by atoms with Gasteiger partial charge in [-0.15, -0.1) is 0 Å². The zero-order chi connectivity index (χ0) is 21.3. The number of benzene rings is 2. The molecule has 3 rings (SSSR count). The second-order valence-electron chi connectivity index (χ2n) is 7.18. The van der Waals surface area contributed by atoms with Crippen LogP contribution in [0.5, 0.6) is 5.75 Å². The number of amides is 2. The molecule has 0 saturated carbocycles. The van der Waals surface area contributed by atoms with Gasteiger partial charge in [0.05, 0.1) is 25.0 Å². The quantitative estimate of drug-likeness (QED) is 0.761. The Kier molecular flexibility index (Phi) is 7.39. The van der Waals surface area contributed by atoms with Gasteiger partial charge in [-0.2, -0.15) is 5.26 Å². The maximum Gasteiger partial charge on any atom is 0.226 e. The minimum absolute atomic E-state index is 0.0747. The summed E-state index contributed by atoms with van der Waals surface area (Å²) in [6, 6.07) is 16.0. The summed E-state index contributed by atoms with van der Waals surface area (Å²) in [5.41, 5.74) is 0.134. The Morgan fingerprint density at radius 2 is 1.93 bits per heavy atom. The van der Waals surface area contributed by atoms with E-state index >= 15 is 0 Å². The number of para-hydroxylation sites is 1. The van der Waals surface area contributed by atoms with Crippen LogP contribution in [0.25, 0.3) is 0 Å².